The Morgan fingerprint density at radius 1 is 0.565 bits per heavy atom. The largest absolute Gasteiger partial charge is 0.422 e. The lowest BCUT2D eigenvalue weighted by Crippen LogP contribution is -2.44. The summed E-state index contributed by atoms with van der Waals surface area (Å²) in [5.74, 6) is -0.663. The van der Waals surface area contributed by atoms with Crippen molar-refractivity contribution in [3.8, 4) is 0 Å². The molecule has 2 aromatic heterocycles. The number of rotatable bonds is 2. The van der Waals surface area contributed by atoms with Crippen molar-refractivity contribution >= 4 is 39.1 Å². The molecule has 0 saturated heterocycles. The molecule has 0 amide bonds. The van der Waals surface area contributed by atoms with Gasteiger partial charge in [0.2, 0.25) is 5.78 Å². The van der Waals surface area contributed by atoms with Gasteiger partial charge < -0.3 is 18.6 Å². The van der Waals surface area contributed by atoms with Gasteiger partial charge in [0.15, 0.2) is 0 Å². The van der Waals surface area contributed by atoms with Crippen LogP contribution in [0.1, 0.15) is 119 Å². The lowest BCUT2D eigenvalue weighted by atomic mass is 9.69. The Morgan fingerprint density at radius 2 is 0.913 bits per heavy atom. The first-order valence-electron chi connectivity index (χ1n) is 16.9. The summed E-state index contributed by atoms with van der Waals surface area (Å²) < 4.78 is 12.2. The summed E-state index contributed by atoms with van der Waals surface area (Å²) in [6.07, 6.45) is 3.92. The van der Waals surface area contributed by atoms with E-state index in [1.165, 1.54) is 22.5 Å². The Labute approximate surface area is 269 Å². The minimum atomic E-state index is -0.727. The quantitative estimate of drug-likeness (QED) is 0.170. The summed E-state index contributed by atoms with van der Waals surface area (Å²) >= 11 is 0. The summed E-state index contributed by atoms with van der Waals surface area (Å²) in [5.41, 5.74) is 5.65. The molecular weight excluding hydrogens is 576 g/mol. The van der Waals surface area contributed by atoms with Crippen molar-refractivity contribution in [2.75, 3.05) is 36.0 Å². The first kappa shape index (κ1) is 29.5. The number of hydrogen-bond donors (Lipinski definition) is 0. The molecule has 240 valence electrons. The number of benzene rings is 2. The highest BCUT2D eigenvalue weighted by atomic mass is 16.4. The molecule has 0 saturated carbocycles. The Balaban J connectivity index is 1.33. The van der Waals surface area contributed by atoms with Crippen LogP contribution in [0, 0.1) is 0 Å². The number of fused-ring (bicyclic) bond motifs is 4. The molecule has 4 aromatic rings. The van der Waals surface area contributed by atoms with Crippen LogP contribution in [-0.2, 0) is 21.7 Å². The second kappa shape index (κ2) is 9.14. The number of ketones is 1. The molecule has 6 heterocycles. The third-order valence-corrected chi connectivity index (χ3v) is 12.0. The highest BCUT2D eigenvalue weighted by Gasteiger charge is 2.44. The standard InChI is InChI=1S/C39H44N2O5/c1-36(2)9-13-40-15-11-38(5,6)27-29(40)25(36)19-21-17-23(34(43)45-32(21)27)31(42)24-18-22-20-26-30-28(33(22)46-35(24)44)39(7,8)12-16-41(30)14-10-37(26,3)4/h17-20H,9-16H2,1-8H3. The lowest BCUT2D eigenvalue weighted by Gasteiger charge is -2.48. The Hall–Kier alpha value is -3.87. The van der Waals surface area contributed by atoms with Crippen LogP contribution in [0.15, 0.2) is 42.7 Å². The summed E-state index contributed by atoms with van der Waals surface area (Å²) in [7, 11) is 0. The van der Waals surface area contributed by atoms with E-state index in [0.717, 1.165) is 63.0 Å². The van der Waals surface area contributed by atoms with E-state index >= 15 is 0 Å². The van der Waals surface area contributed by atoms with E-state index in [-0.39, 0.29) is 32.8 Å². The highest BCUT2D eigenvalue weighted by Crippen LogP contribution is 2.53. The molecule has 46 heavy (non-hydrogen) atoms. The summed E-state index contributed by atoms with van der Waals surface area (Å²) in [5, 5.41) is 1.43. The fourth-order valence-corrected chi connectivity index (χ4v) is 8.76. The SMILES string of the molecule is CC1(C)CCN2CCC(C)(C)c3c2c1cc1cc(C(=O)c2cc4cc5c6c(c4oc2=O)C(C)(C)CCN6CCC5(C)C)c(=O)oc31. The van der Waals surface area contributed by atoms with Crippen LogP contribution in [-0.4, -0.2) is 32.0 Å². The maximum Gasteiger partial charge on any atom is 0.347 e. The van der Waals surface area contributed by atoms with Crippen molar-refractivity contribution in [3.63, 3.8) is 0 Å². The number of nitrogens with zero attached hydrogens (tertiary/aromatic N) is 2. The molecule has 0 bridgehead atoms. The van der Waals surface area contributed by atoms with E-state index < -0.39 is 17.0 Å². The molecule has 0 radical (unpaired) electrons. The zero-order valence-corrected chi connectivity index (χ0v) is 28.4. The van der Waals surface area contributed by atoms with Gasteiger partial charge in [-0.15, -0.1) is 0 Å². The summed E-state index contributed by atoms with van der Waals surface area (Å²) in [6.45, 7) is 21.7. The molecule has 7 nitrogen and oxygen atoms in total. The van der Waals surface area contributed by atoms with E-state index in [9.17, 15) is 14.4 Å². The fraction of sp³-hybridized carbons (Fsp3) is 0.513. The monoisotopic (exact) mass is 620 g/mol. The van der Waals surface area contributed by atoms with Gasteiger partial charge in [-0.25, -0.2) is 9.59 Å². The Kier molecular flexibility index (Phi) is 5.87. The van der Waals surface area contributed by atoms with Crippen LogP contribution < -0.4 is 21.1 Å². The van der Waals surface area contributed by atoms with Crippen LogP contribution in [0.3, 0.4) is 0 Å². The molecular formula is C39H44N2O5. The minimum Gasteiger partial charge on any atom is -0.422 e. The summed E-state index contributed by atoms with van der Waals surface area (Å²) in [4.78, 5) is 46.3. The van der Waals surface area contributed by atoms with Crippen molar-refractivity contribution in [1.29, 1.82) is 0 Å². The van der Waals surface area contributed by atoms with Gasteiger partial charge in [0.1, 0.15) is 22.3 Å². The highest BCUT2D eigenvalue weighted by molar-refractivity contribution is 6.11. The topological polar surface area (TPSA) is 84.0 Å². The van der Waals surface area contributed by atoms with Crippen molar-refractivity contribution in [1.82, 2.24) is 0 Å². The first-order chi connectivity index (χ1) is 21.5. The molecule has 0 N–H and O–H groups in total. The van der Waals surface area contributed by atoms with E-state index in [2.05, 4.69) is 77.3 Å². The number of hydrogen-bond acceptors (Lipinski definition) is 7. The van der Waals surface area contributed by atoms with Gasteiger partial charge in [-0.2, -0.15) is 0 Å². The van der Waals surface area contributed by atoms with E-state index in [1.807, 2.05) is 0 Å². The third kappa shape index (κ3) is 3.99. The number of carbonyl (C=O) groups excluding carboxylic acids is 1. The van der Waals surface area contributed by atoms with Gasteiger partial charge in [0.05, 0.1) is 0 Å². The second-order valence-electron chi connectivity index (χ2n) is 16.9. The molecule has 4 aliphatic rings. The van der Waals surface area contributed by atoms with Crippen molar-refractivity contribution in [3.05, 3.63) is 78.5 Å². The van der Waals surface area contributed by atoms with Gasteiger partial charge in [-0.1, -0.05) is 55.4 Å². The van der Waals surface area contributed by atoms with Gasteiger partial charge in [0, 0.05) is 59.5 Å². The average molecular weight is 621 g/mol. The molecule has 0 atom stereocenters. The first-order valence-corrected chi connectivity index (χ1v) is 16.9. The van der Waals surface area contributed by atoms with Gasteiger partial charge in [-0.3, -0.25) is 4.79 Å². The van der Waals surface area contributed by atoms with Gasteiger partial charge >= 0.3 is 11.3 Å². The molecule has 0 spiro atoms. The number of anilines is 2. The van der Waals surface area contributed by atoms with Gasteiger partial charge in [-0.05, 0) is 82.7 Å². The van der Waals surface area contributed by atoms with E-state index in [4.69, 9.17) is 8.83 Å². The Morgan fingerprint density at radius 3 is 1.28 bits per heavy atom. The van der Waals surface area contributed by atoms with E-state index in [0.29, 0.717) is 21.9 Å². The molecule has 2 aromatic carbocycles. The maximum atomic E-state index is 14.2. The zero-order valence-electron chi connectivity index (χ0n) is 28.4. The van der Waals surface area contributed by atoms with E-state index in [1.54, 1.807) is 12.1 Å². The summed E-state index contributed by atoms with van der Waals surface area (Å²) in [6, 6.07) is 7.48. The predicted octanol–water partition coefficient (Wildman–Crippen LogP) is 7.47. The molecule has 0 aliphatic carbocycles. The van der Waals surface area contributed by atoms with Crippen LogP contribution >= 0.6 is 0 Å². The normalized spacial score (nSPS) is 21.7. The lowest BCUT2D eigenvalue weighted by molar-refractivity contribution is 0.103. The number of carbonyl (C=O) groups is 1. The zero-order chi connectivity index (χ0) is 32.7. The van der Waals surface area contributed by atoms with Crippen LogP contribution in [0.25, 0.3) is 21.9 Å². The second-order valence-corrected chi connectivity index (χ2v) is 16.9. The third-order valence-electron chi connectivity index (χ3n) is 12.0. The molecule has 4 aliphatic heterocycles. The smallest absolute Gasteiger partial charge is 0.347 e. The van der Waals surface area contributed by atoms with Crippen LogP contribution in [0.2, 0.25) is 0 Å². The Bertz CT molecular complexity index is 1990. The maximum absolute atomic E-state index is 14.2. The van der Waals surface area contributed by atoms with Crippen molar-refractivity contribution < 1.29 is 13.6 Å². The fourth-order valence-electron chi connectivity index (χ4n) is 8.76. The molecule has 7 heteroatoms. The molecule has 8 rings (SSSR count). The average Bonchev–Trinajstić information content (AvgIpc) is 2.97. The van der Waals surface area contributed by atoms with Crippen molar-refractivity contribution in [2.45, 2.75) is 103 Å². The van der Waals surface area contributed by atoms with Gasteiger partial charge in [0.25, 0.3) is 0 Å². The molecule has 0 unspecified atom stereocenters. The van der Waals surface area contributed by atoms with Crippen LogP contribution in [0.4, 0.5) is 11.4 Å². The minimum absolute atomic E-state index is 0.0710. The predicted molar refractivity (Wildman–Crippen MR) is 183 cm³/mol. The van der Waals surface area contributed by atoms with Crippen LogP contribution in [0.5, 0.6) is 0 Å². The molecule has 0 fully saturated rings. The van der Waals surface area contributed by atoms with Crippen molar-refractivity contribution in [2.24, 2.45) is 0 Å².